The topological polar surface area (TPSA) is 62.7 Å². The average molecular weight is 339 g/mol. The Kier molecular flexibility index (Phi) is 3.63. The van der Waals surface area contributed by atoms with Crippen molar-refractivity contribution in [3.63, 3.8) is 0 Å². The SMILES string of the molecule is Cc1cc(C)c2c(C(=O)N3CCN4C(=O)OC[C@@H]4C3)cc(C)nc2c1. The van der Waals surface area contributed by atoms with Crippen LogP contribution in [-0.2, 0) is 4.74 Å². The zero-order valence-corrected chi connectivity index (χ0v) is 14.7. The number of rotatable bonds is 1. The minimum atomic E-state index is -0.270. The van der Waals surface area contributed by atoms with Gasteiger partial charge in [-0.05, 0) is 44.0 Å². The molecule has 25 heavy (non-hydrogen) atoms. The quantitative estimate of drug-likeness (QED) is 0.800. The lowest BCUT2D eigenvalue weighted by Gasteiger charge is -2.35. The average Bonchev–Trinajstić information content (AvgIpc) is 2.93. The molecule has 2 fully saturated rings. The highest BCUT2D eigenvalue weighted by atomic mass is 16.6. The molecular formula is C19H21N3O3. The number of aryl methyl sites for hydroxylation is 3. The van der Waals surface area contributed by atoms with E-state index in [0.717, 1.165) is 27.7 Å². The maximum Gasteiger partial charge on any atom is 0.410 e. The van der Waals surface area contributed by atoms with Gasteiger partial charge in [-0.3, -0.25) is 14.7 Å². The van der Waals surface area contributed by atoms with Crippen molar-refractivity contribution < 1.29 is 14.3 Å². The predicted molar refractivity (Wildman–Crippen MR) is 93.7 cm³/mol. The first-order chi connectivity index (χ1) is 11.9. The van der Waals surface area contributed by atoms with Gasteiger partial charge in [-0.25, -0.2) is 4.79 Å². The predicted octanol–water partition coefficient (Wildman–Crippen LogP) is 2.44. The number of pyridine rings is 1. The first-order valence-corrected chi connectivity index (χ1v) is 8.55. The third kappa shape index (κ3) is 2.62. The van der Waals surface area contributed by atoms with E-state index in [-0.39, 0.29) is 18.0 Å². The summed E-state index contributed by atoms with van der Waals surface area (Å²) in [6.45, 7) is 7.89. The Morgan fingerprint density at radius 2 is 2.00 bits per heavy atom. The number of hydrogen-bond donors (Lipinski definition) is 0. The molecule has 0 saturated carbocycles. The van der Waals surface area contributed by atoms with Crippen molar-refractivity contribution in [3.8, 4) is 0 Å². The summed E-state index contributed by atoms with van der Waals surface area (Å²) < 4.78 is 5.09. The van der Waals surface area contributed by atoms with Crippen molar-refractivity contribution in [1.82, 2.24) is 14.8 Å². The molecule has 2 amide bonds. The van der Waals surface area contributed by atoms with E-state index in [2.05, 4.69) is 11.1 Å². The van der Waals surface area contributed by atoms with E-state index in [4.69, 9.17) is 4.74 Å². The second kappa shape index (κ2) is 5.72. The number of carbonyl (C=O) groups is 2. The molecule has 3 heterocycles. The Morgan fingerprint density at radius 1 is 1.20 bits per heavy atom. The molecule has 0 unspecified atom stereocenters. The first-order valence-electron chi connectivity index (χ1n) is 8.55. The van der Waals surface area contributed by atoms with Crippen molar-refractivity contribution in [2.75, 3.05) is 26.2 Å². The Labute approximate surface area is 146 Å². The van der Waals surface area contributed by atoms with Crippen molar-refractivity contribution in [1.29, 1.82) is 0 Å². The summed E-state index contributed by atoms with van der Waals surface area (Å²) in [7, 11) is 0. The van der Waals surface area contributed by atoms with Crippen molar-refractivity contribution in [3.05, 3.63) is 40.6 Å². The number of nitrogens with zero attached hydrogens (tertiary/aromatic N) is 3. The van der Waals surface area contributed by atoms with Crippen LogP contribution < -0.4 is 0 Å². The molecule has 0 bridgehead atoms. The molecular weight excluding hydrogens is 318 g/mol. The van der Waals surface area contributed by atoms with Crippen molar-refractivity contribution in [2.24, 2.45) is 0 Å². The normalized spacial score (nSPS) is 20.0. The van der Waals surface area contributed by atoms with Gasteiger partial charge in [-0.2, -0.15) is 0 Å². The fraction of sp³-hybridized carbons (Fsp3) is 0.421. The molecule has 0 N–H and O–H groups in total. The van der Waals surface area contributed by atoms with Gasteiger partial charge in [-0.1, -0.05) is 6.07 Å². The second-order valence-electron chi connectivity index (χ2n) is 6.96. The third-order valence-electron chi connectivity index (χ3n) is 5.01. The Bertz CT molecular complexity index is 888. The summed E-state index contributed by atoms with van der Waals surface area (Å²) in [4.78, 5) is 33.0. The fourth-order valence-electron chi connectivity index (χ4n) is 3.90. The summed E-state index contributed by atoms with van der Waals surface area (Å²) in [5, 5.41) is 0.919. The minimum absolute atomic E-state index is 0.00134. The van der Waals surface area contributed by atoms with E-state index in [9.17, 15) is 9.59 Å². The standard InChI is InChI=1S/C19H21N3O3/c1-11-6-12(2)17-15(8-13(3)20-16(17)7-11)18(23)21-4-5-22-14(9-21)10-25-19(22)24/h6-8,14H,4-5,9-10H2,1-3H3/t14-/m0/s1. The smallest absolute Gasteiger partial charge is 0.410 e. The number of hydrogen-bond acceptors (Lipinski definition) is 4. The lowest BCUT2D eigenvalue weighted by molar-refractivity contribution is 0.0618. The molecule has 1 aromatic heterocycles. The van der Waals surface area contributed by atoms with Crippen molar-refractivity contribution in [2.45, 2.75) is 26.8 Å². The van der Waals surface area contributed by atoms with Crippen LogP contribution in [0.3, 0.4) is 0 Å². The van der Waals surface area contributed by atoms with Crippen LogP contribution in [0.15, 0.2) is 18.2 Å². The van der Waals surface area contributed by atoms with Gasteiger partial charge >= 0.3 is 6.09 Å². The van der Waals surface area contributed by atoms with Crippen LogP contribution in [0.4, 0.5) is 4.79 Å². The molecule has 1 aromatic carbocycles. The highest BCUT2D eigenvalue weighted by molar-refractivity contribution is 6.07. The van der Waals surface area contributed by atoms with Crippen LogP contribution in [0, 0.1) is 20.8 Å². The van der Waals surface area contributed by atoms with E-state index in [1.807, 2.05) is 37.8 Å². The van der Waals surface area contributed by atoms with Crippen LogP contribution in [-0.4, -0.2) is 59.1 Å². The lowest BCUT2D eigenvalue weighted by Crippen LogP contribution is -2.53. The van der Waals surface area contributed by atoms with Gasteiger partial charge in [0.25, 0.3) is 5.91 Å². The summed E-state index contributed by atoms with van der Waals surface area (Å²) in [6.07, 6.45) is -0.270. The van der Waals surface area contributed by atoms with Crippen LogP contribution in [0.1, 0.15) is 27.2 Å². The number of cyclic esters (lactones) is 1. The van der Waals surface area contributed by atoms with Crippen molar-refractivity contribution >= 4 is 22.9 Å². The Balaban J connectivity index is 1.72. The van der Waals surface area contributed by atoms with Crippen LogP contribution in [0.5, 0.6) is 0 Å². The maximum atomic E-state index is 13.2. The molecule has 0 aliphatic carbocycles. The highest BCUT2D eigenvalue weighted by Crippen LogP contribution is 2.26. The first kappa shape index (κ1) is 15.9. The van der Waals surface area contributed by atoms with Gasteiger partial charge < -0.3 is 9.64 Å². The molecule has 0 radical (unpaired) electrons. The molecule has 2 saturated heterocycles. The number of aromatic nitrogens is 1. The van der Waals surface area contributed by atoms with E-state index < -0.39 is 0 Å². The molecule has 130 valence electrons. The van der Waals surface area contributed by atoms with Gasteiger partial charge in [0.05, 0.1) is 17.1 Å². The van der Waals surface area contributed by atoms with E-state index >= 15 is 0 Å². The van der Waals surface area contributed by atoms with Gasteiger partial charge in [0, 0.05) is 30.7 Å². The Hall–Kier alpha value is -2.63. The molecule has 2 aromatic rings. The zero-order chi connectivity index (χ0) is 17.7. The maximum absolute atomic E-state index is 13.2. The van der Waals surface area contributed by atoms with Crippen LogP contribution >= 0.6 is 0 Å². The summed E-state index contributed by atoms with van der Waals surface area (Å²) in [5.41, 5.74) is 4.58. The number of amides is 2. The van der Waals surface area contributed by atoms with Crippen LogP contribution in [0.25, 0.3) is 10.9 Å². The molecule has 4 rings (SSSR count). The minimum Gasteiger partial charge on any atom is -0.447 e. The fourth-order valence-corrected chi connectivity index (χ4v) is 3.90. The summed E-state index contributed by atoms with van der Waals surface area (Å²) >= 11 is 0. The number of ether oxygens (including phenoxy) is 1. The molecule has 1 atom stereocenters. The van der Waals surface area contributed by atoms with E-state index in [0.29, 0.717) is 31.8 Å². The highest BCUT2D eigenvalue weighted by Gasteiger charge is 2.39. The molecule has 2 aliphatic heterocycles. The number of fused-ring (bicyclic) bond motifs is 2. The van der Waals surface area contributed by atoms with E-state index in [1.165, 1.54) is 0 Å². The number of piperazine rings is 1. The third-order valence-corrected chi connectivity index (χ3v) is 5.01. The lowest BCUT2D eigenvalue weighted by atomic mass is 9.99. The summed E-state index contributed by atoms with van der Waals surface area (Å²) in [5.74, 6) is 0.00134. The number of benzene rings is 1. The molecule has 6 heteroatoms. The molecule has 0 spiro atoms. The Morgan fingerprint density at radius 3 is 2.80 bits per heavy atom. The molecule has 6 nitrogen and oxygen atoms in total. The number of carbonyl (C=O) groups excluding carboxylic acids is 2. The van der Waals surface area contributed by atoms with Gasteiger partial charge in [0.1, 0.15) is 6.61 Å². The van der Waals surface area contributed by atoms with Crippen LogP contribution in [0.2, 0.25) is 0 Å². The summed E-state index contributed by atoms with van der Waals surface area (Å²) in [6, 6.07) is 5.93. The van der Waals surface area contributed by atoms with Gasteiger partial charge in [0.2, 0.25) is 0 Å². The van der Waals surface area contributed by atoms with E-state index in [1.54, 1.807) is 4.90 Å². The largest absolute Gasteiger partial charge is 0.447 e. The van der Waals surface area contributed by atoms with Gasteiger partial charge in [-0.15, -0.1) is 0 Å². The second-order valence-corrected chi connectivity index (χ2v) is 6.96. The monoisotopic (exact) mass is 339 g/mol. The van der Waals surface area contributed by atoms with Gasteiger partial charge in [0.15, 0.2) is 0 Å². The zero-order valence-electron chi connectivity index (χ0n) is 14.7. The molecule has 2 aliphatic rings.